The maximum absolute atomic E-state index is 11.4. The zero-order chi connectivity index (χ0) is 13.8. The molecule has 0 aliphatic carbocycles. The Labute approximate surface area is 109 Å². The van der Waals surface area contributed by atoms with Gasteiger partial charge in [-0.2, -0.15) is 0 Å². The molecule has 0 saturated carbocycles. The molecular weight excluding hydrogens is 248 g/mol. The molecule has 98 valence electrons. The monoisotopic (exact) mass is 260 g/mol. The van der Waals surface area contributed by atoms with Crippen molar-refractivity contribution in [2.24, 2.45) is 0 Å². The lowest BCUT2D eigenvalue weighted by atomic mass is 10.0. The van der Waals surface area contributed by atoms with Gasteiger partial charge in [-0.3, -0.25) is 0 Å². The Hall–Kier alpha value is -2.56. The van der Waals surface area contributed by atoms with Crippen LogP contribution in [0.1, 0.15) is 10.4 Å². The van der Waals surface area contributed by atoms with Gasteiger partial charge in [-0.15, -0.1) is 0 Å². The van der Waals surface area contributed by atoms with Gasteiger partial charge in [-0.25, -0.2) is 9.59 Å². The molecule has 0 spiro atoms. The highest BCUT2D eigenvalue weighted by Crippen LogP contribution is 2.28. The second-order valence-electron chi connectivity index (χ2n) is 3.83. The van der Waals surface area contributed by atoms with Crippen molar-refractivity contribution < 1.29 is 24.2 Å². The summed E-state index contributed by atoms with van der Waals surface area (Å²) in [6.07, 6.45) is 0. The molecule has 2 aromatic rings. The fourth-order valence-corrected chi connectivity index (χ4v) is 1.79. The maximum Gasteiger partial charge on any atom is 0.343 e. The van der Waals surface area contributed by atoms with E-state index in [2.05, 4.69) is 4.74 Å². The average Bonchev–Trinajstić information content (AvgIpc) is 2.43. The number of methoxy groups -OCH3 is 1. The number of aromatic carboxylic acids is 1. The maximum atomic E-state index is 11.4. The molecule has 19 heavy (non-hydrogen) atoms. The smallest absolute Gasteiger partial charge is 0.343 e. The van der Waals surface area contributed by atoms with E-state index in [0.717, 1.165) is 5.39 Å². The average molecular weight is 260 g/mol. The van der Waals surface area contributed by atoms with Crippen LogP contribution < -0.4 is 4.74 Å². The number of fused-ring (bicyclic) bond motifs is 1. The van der Waals surface area contributed by atoms with Crippen LogP contribution in [0.2, 0.25) is 0 Å². The van der Waals surface area contributed by atoms with Crippen molar-refractivity contribution in [1.82, 2.24) is 0 Å². The number of carbonyl (C=O) groups is 2. The fourth-order valence-electron chi connectivity index (χ4n) is 1.79. The lowest BCUT2D eigenvalue weighted by Gasteiger charge is -2.10. The lowest BCUT2D eigenvalue weighted by Crippen LogP contribution is -2.14. The lowest BCUT2D eigenvalue weighted by molar-refractivity contribution is -0.142. The summed E-state index contributed by atoms with van der Waals surface area (Å²) in [6.45, 7) is -0.324. The van der Waals surface area contributed by atoms with Gasteiger partial charge in [0, 0.05) is 0 Å². The minimum atomic E-state index is -1.10. The molecule has 0 fully saturated rings. The van der Waals surface area contributed by atoms with E-state index in [1.807, 2.05) is 12.1 Å². The minimum Gasteiger partial charge on any atom is -0.481 e. The third-order valence-electron chi connectivity index (χ3n) is 2.68. The molecule has 0 aromatic heterocycles. The highest BCUT2D eigenvalue weighted by atomic mass is 16.6. The van der Waals surface area contributed by atoms with Gasteiger partial charge < -0.3 is 14.6 Å². The van der Waals surface area contributed by atoms with Crippen molar-refractivity contribution in [3.05, 3.63) is 42.0 Å². The van der Waals surface area contributed by atoms with Crippen LogP contribution in [0, 0.1) is 0 Å². The number of rotatable bonds is 4. The zero-order valence-corrected chi connectivity index (χ0v) is 10.3. The summed E-state index contributed by atoms with van der Waals surface area (Å²) in [4.78, 5) is 22.4. The number of esters is 1. The van der Waals surface area contributed by atoms with E-state index in [1.54, 1.807) is 18.2 Å². The molecule has 0 aliphatic rings. The number of carboxylic acid groups (broad SMARTS) is 1. The predicted molar refractivity (Wildman–Crippen MR) is 68.4 cm³/mol. The van der Waals surface area contributed by atoms with Crippen LogP contribution in [-0.2, 0) is 9.53 Å². The Balaban J connectivity index is 2.46. The van der Waals surface area contributed by atoms with Crippen LogP contribution in [0.25, 0.3) is 10.8 Å². The molecule has 5 nitrogen and oxygen atoms in total. The molecule has 0 saturated heterocycles. The first-order valence-corrected chi connectivity index (χ1v) is 5.58. The van der Waals surface area contributed by atoms with Gasteiger partial charge in [0.2, 0.25) is 0 Å². The highest BCUT2D eigenvalue weighted by molar-refractivity contribution is 6.06. The molecule has 2 aromatic carbocycles. The minimum absolute atomic E-state index is 0.0435. The molecule has 0 aliphatic heterocycles. The SMILES string of the molecule is COC(=O)COc1ccc2ccccc2c1C(=O)O. The largest absolute Gasteiger partial charge is 0.481 e. The molecule has 0 radical (unpaired) electrons. The summed E-state index contributed by atoms with van der Waals surface area (Å²) in [5.41, 5.74) is 0.0435. The number of carboxylic acids is 1. The van der Waals surface area contributed by atoms with E-state index in [9.17, 15) is 14.7 Å². The van der Waals surface area contributed by atoms with E-state index in [4.69, 9.17) is 4.74 Å². The Kier molecular flexibility index (Phi) is 3.66. The third kappa shape index (κ3) is 2.65. The van der Waals surface area contributed by atoms with Gasteiger partial charge in [0.05, 0.1) is 7.11 Å². The van der Waals surface area contributed by atoms with Crippen LogP contribution in [0.3, 0.4) is 0 Å². The van der Waals surface area contributed by atoms with E-state index >= 15 is 0 Å². The summed E-state index contributed by atoms with van der Waals surface area (Å²) >= 11 is 0. The Bertz CT molecular complexity index is 633. The zero-order valence-electron chi connectivity index (χ0n) is 10.3. The number of carbonyl (C=O) groups excluding carboxylic acids is 1. The van der Waals surface area contributed by atoms with E-state index < -0.39 is 11.9 Å². The van der Waals surface area contributed by atoms with Crippen molar-refractivity contribution in [3.63, 3.8) is 0 Å². The molecule has 1 N–H and O–H groups in total. The van der Waals surface area contributed by atoms with Crippen LogP contribution >= 0.6 is 0 Å². The van der Waals surface area contributed by atoms with Crippen molar-refractivity contribution in [2.75, 3.05) is 13.7 Å². The Morgan fingerprint density at radius 3 is 2.58 bits per heavy atom. The number of benzene rings is 2. The van der Waals surface area contributed by atoms with Crippen molar-refractivity contribution >= 4 is 22.7 Å². The van der Waals surface area contributed by atoms with Gasteiger partial charge in [0.25, 0.3) is 0 Å². The summed E-state index contributed by atoms with van der Waals surface area (Å²) < 4.78 is 9.65. The molecule has 0 amide bonds. The number of hydrogen-bond donors (Lipinski definition) is 1. The van der Waals surface area contributed by atoms with Crippen molar-refractivity contribution in [3.8, 4) is 5.75 Å². The molecule has 2 rings (SSSR count). The Morgan fingerprint density at radius 1 is 1.16 bits per heavy atom. The van der Waals surface area contributed by atoms with Crippen LogP contribution in [0.4, 0.5) is 0 Å². The summed E-state index contributed by atoms with van der Waals surface area (Å²) in [5, 5.41) is 10.7. The molecule has 5 heteroatoms. The van der Waals surface area contributed by atoms with Gasteiger partial charge in [0.15, 0.2) is 6.61 Å². The van der Waals surface area contributed by atoms with Crippen LogP contribution in [-0.4, -0.2) is 30.8 Å². The van der Waals surface area contributed by atoms with E-state index in [0.29, 0.717) is 5.39 Å². The summed E-state index contributed by atoms with van der Waals surface area (Å²) in [7, 11) is 1.24. The third-order valence-corrected chi connectivity index (χ3v) is 2.68. The van der Waals surface area contributed by atoms with Gasteiger partial charge in [0.1, 0.15) is 11.3 Å². The molecule has 0 heterocycles. The van der Waals surface area contributed by atoms with Gasteiger partial charge in [-0.05, 0) is 16.8 Å². The standard InChI is InChI=1S/C14H12O5/c1-18-12(15)8-19-11-7-6-9-4-2-3-5-10(9)13(11)14(16)17/h2-7H,8H2,1H3,(H,16,17). The van der Waals surface area contributed by atoms with Crippen molar-refractivity contribution in [1.29, 1.82) is 0 Å². The van der Waals surface area contributed by atoms with Crippen LogP contribution in [0.5, 0.6) is 5.75 Å². The van der Waals surface area contributed by atoms with Gasteiger partial charge in [-0.1, -0.05) is 30.3 Å². The fraction of sp³-hybridized carbons (Fsp3) is 0.143. The molecule has 0 bridgehead atoms. The number of hydrogen-bond acceptors (Lipinski definition) is 4. The van der Waals surface area contributed by atoms with Gasteiger partial charge >= 0.3 is 11.9 Å². The summed E-state index contributed by atoms with van der Waals surface area (Å²) in [6, 6.07) is 10.4. The second kappa shape index (κ2) is 5.39. The number of ether oxygens (including phenoxy) is 2. The van der Waals surface area contributed by atoms with Crippen LogP contribution in [0.15, 0.2) is 36.4 Å². The Morgan fingerprint density at radius 2 is 1.89 bits per heavy atom. The topological polar surface area (TPSA) is 72.8 Å². The highest BCUT2D eigenvalue weighted by Gasteiger charge is 2.16. The first-order chi connectivity index (χ1) is 9.13. The first-order valence-electron chi connectivity index (χ1n) is 5.58. The second-order valence-corrected chi connectivity index (χ2v) is 3.83. The predicted octanol–water partition coefficient (Wildman–Crippen LogP) is 2.09. The first kappa shape index (κ1) is 12.9. The molecule has 0 atom stereocenters. The molecular formula is C14H12O5. The quantitative estimate of drug-likeness (QED) is 0.852. The summed E-state index contributed by atoms with van der Waals surface area (Å²) in [5.74, 6) is -1.52. The van der Waals surface area contributed by atoms with E-state index in [-0.39, 0.29) is 17.9 Å². The van der Waals surface area contributed by atoms with E-state index in [1.165, 1.54) is 13.2 Å². The molecule has 0 unspecified atom stereocenters. The normalized spacial score (nSPS) is 10.2. The van der Waals surface area contributed by atoms with Crippen molar-refractivity contribution in [2.45, 2.75) is 0 Å².